The van der Waals surface area contributed by atoms with Crippen molar-refractivity contribution in [3.63, 3.8) is 0 Å². The van der Waals surface area contributed by atoms with E-state index < -0.39 is 11.9 Å². The van der Waals surface area contributed by atoms with Crippen LogP contribution in [0, 0.1) is 10.8 Å². The van der Waals surface area contributed by atoms with Gasteiger partial charge in [0.05, 0.1) is 41.3 Å². The zero-order chi connectivity index (χ0) is 58.1. The van der Waals surface area contributed by atoms with Crippen molar-refractivity contribution in [3.8, 4) is 0 Å². The van der Waals surface area contributed by atoms with Crippen LogP contribution in [-0.2, 0) is 28.7 Å². The minimum Gasteiger partial charge on any atom is -0.477 e. The molecule has 4 amide bonds. The van der Waals surface area contributed by atoms with Crippen LogP contribution >= 0.6 is 0 Å². The molecule has 6 N–H and O–H groups in total. The van der Waals surface area contributed by atoms with Gasteiger partial charge in [0.2, 0.25) is 11.8 Å². The first-order valence-electron chi connectivity index (χ1n) is 30.8. The zero-order valence-electron chi connectivity index (χ0n) is 51.0. The monoisotopic (exact) mass is 1100 g/mol. The average molecular weight is 1110 g/mol. The van der Waals surface area contributed by atoms with E-state index in [0.717, 1.165) is 173 Å². The van der Waals surface area contributed by atoms with Crippen molar-refractivity contribution in [3.05, 3.63) is 24.3 Å². The van der Waals surface area contributed by atoms with Crippen LogP contribution in [0.15, 0.2) is 24.3 Å². The standard InChI is InChI=1S/C62H114N6O10/c1-10-12-14-28-36-53(38-30-24-20-16-18-22-26-32-40-55(69)63-42-34-44-67(6,7)48-57(71)72)77-59(75)65-51-62(5)47-52(46-61(3,4)50-62)66-60(76)78-54(37-29-15-13-11-2)39-31-25-21-17-19-23-27-33-41-56(70)64-43-35-45-68(8,9)49-58(73)74/h24-25,30-31,52-54H,10-23,26-29,32-51H2,1-9H3,(H4-2,63,64,65,66,69,70,71,72,73,74,75,76)/p+2/b30-24-,31-25+. The van der Waals surface area contributed by atoms with Crippen molar-refractivity contribution >= 4 is 35.9 Å². The molecule has 0 spiro atoms. The fourth-order valence-corrected chi connectivity index (χ4v) is 11.2. The van der Waals surface area contributed by atoms with Crippen LogP contribution in [0.1, 0.15) is 234 Å². The third-order valence-electron chi connectivity index (χ3n) is 15.1. The van der Waals surface area contributed by atoms with Gasteiger partial charge in [-0.1, -0.05) is 136 Å². The summed E-state index contributed by atoms with van der Waals surface area (Å²) in [6.07, 6.45) is 36.7. The van der Waals surface area contributed by atoms with Crippen LogP contribution < -0.4 is 21.3 Å². The second-order valence-corrected chi connectivity index (χ2v) is 25.4. The largest absolute Gasteiger partial charge is 0.477 e. The van der Waals surface area contributed by atoms with E-state index >= 15 is 0 Å². The average Bonchev–Trinajstić information content (AvgIpc) is 3.33. The highest BCUT2D eigenvalue weighted by Crippen LogP contribution is 2.46. The van der Waals surface area contributed by atoms with Gasteiger partial charge in [0, 0.05) is 64.2 Å². The third-order valence-corrected chi connectivity index (χ3v) is 15.1. The van der Waals surface area contributed by atoms with E-state index in [1.807, 2.05) is 28.2 Å². The molecule has 1 aliphatic carbocycles. The molecule has 0 saturated heterocycles. The SMILES string of the molecule is CCCCCCC(C/C=C\CCCCCCCC(=O)NCCC[N+](C)(C)CC(=O)O)OC(=O)NCC1(C)CC(NC(=O)OC(C/C=C/CCCCCCCC(=O)NCCC[N+](C)(C)CC(=O)O)CCCCCC)CC(C)(C)C1. The number of carboxylic acids is 2. The number of amides is 4. The number of ether oxygens (including phenoxy) is 2. The number of quaternary nitrogens is 2. The lowest BCUT2D eigenvalue weighted by molar-refractivity contribution is -0.883. The Morgan fingerprint density at radius 1 is 0.538 bits per heavy atom. The second-order valence-electron chi connectivity index (χ2n) is 25.4. The van der Waals surface area contributed by atoms with E-state index in [4.69, 9.17) is 19.7 Å². The van der Waals surface area contributed by atoms with E-state index in [0.29, 0.717) is 67.4 Å². The van der Waals surface area contributed by atoms with Gasteiger partial charge in [0.1, 0.15) is 12.2 Å². The number of allylic oxidation sites excluding steroid dienone is 2. The van der Waals surface area contributed by atoms with Crippen LogP contribution in [0.3, 0.4) is 0 Å². The lowest BCUT2D eigenvalue weighted by Crippen LogP contribution is -2.51. The molecule has 452 valence electrons. The lowest BCUT2D eigenvalue weighted by Gasteiger charge is -2.46. The van der Waals surface area contributed by atoms with Gasteiger partial charge >= 0.3 is 24.1 Å². The first-order valence-corrected chi connectivity index (χ1v) is 30.8. The second kappa shape index (κ2) is 41.8. The molecule has 1 rings (SSSR count). The van der Waals surface area contributed by atoms with E-state index in [-0.39, 0.29) is 66.2 Å². The normalized spacial score (nSPS) is 17.4. The fraction of sp³-hybridized carbons (Fsp3) is 0.839. The minimum absolute atomic E-state index is 0.0504. The number of aliphatic carboxylic acids is 2. The maximum absolute atomic E-state index is 13.6. The molecule has 16 nitrogen and oxygen atoms in total. The van der Waals surface area contributed by atoms with Gasteiger partial charge in [-0.15, -0.1) is 0 Å². The number of hydrogen-bond acceptors (Lipinski definition) is 8. The summed E-state index contributed by atoms with van der Waals surface area (Å²) in [5.41, 5.74) is -0.295. The summed E-state index contributed by atoms with van der Waals surface area (Å²) in [6.45, 7) is 14.2. The molecule has 0 heterocycles. The van der Waals surface area contributed by atoms with Crippen molar-refractivity contribution in [2.24, 2.45) is 10.8 Å². The zero-order valence-corrected chi connectivity index (χ0v) is 51.0. The van der Waals surface area contributed by atoms with Crippen LogP contribution in [-0.4, -0.2) is 147 Å². The van der Waals surface area contributed by atoms with Crippen molar-refractivity contribution in [2.45, 2.75) is 252 Å². The number of likely N-dealkylation sites (N-methyl/N-ethyl adjacent to an activating group) is 2. The maximum Gasteiger partial charge on any atom is 0.407 e. The van der Waals surface area contributed by atoms with Crippen LogP contribution in [0.4, 0.5) is 9.59 Å². The fourth-order valence-electron chi connectivity index (χ4n) is 11.2. The molecule has 16 heteroatoms. The van der Waals surface area contributed by atoms with E-state index in [2.05, 4.69) is 80.2 Å². The number of unbranched alkanes of at least 4 members (excludes halogenated alkanes) is 16. The maximum atomic E-state index is 13.6. The lowest BCUT2D eigenvalue weighted by atomic mass is 9.62. The van der Waals surface area contributed by atoms with Crippen LogP contribution in [0.2, 0.25) is 0 Å². The van der Waals surface area contributed by atoms with Crippen molar-refractivity contribution < 1.29 is 57.4 Å². The molecule has 1 saturated carbocycles. The molecule has 0 radical (unpaired) electrons. The van der Waals surface area contributed by atoms with Crippen molar-refractivity contribution in [1.29, 1.82) is 0 Å². The van der Waals surface area contributed by atoms with Gasteiger partial charge in [-0.3, -0.25) is 9.59 Å². The Labute approximate surface area is 474 Å². The molecule has 4 atom stereocenters. The van der Waals surface area contributed by atoms with Gasteiger partial charge in [-0.25, -0.2) is 19.2 Å². The first-order chi connectivity index (χ1) is 37.0. The highest BCUT2D eigenvalue weighted by Gasteiger charge is 2.42. The quantitative estimate of drug-likeness (QED) is 0.0193. The summed E-state index contributed by atoms with van der Waals surface area (Å²) in [6, 6.07) is -0.0839. The van der Waals surface area contributed by atoms with Gasteiger partial charge < -0.3 is 49.9 Å². The Balaban J connectivity index is 2.54. The third kappa shape index (κ3) is 40.9. The molecule has 4 unspecified atom stereocenters. The predicted molar refractivity (Wildman–Crippen MR) is 315 cm³/mol. The molecule has 0 aromatic rings. The highest BCUT2D eigenvalue weighted by molar-refractivity contribution is 5.76. The molecule has 1 aliphatic rings. The van der Waals surface area contributed by atoms with E-state index in [1.165, 1.54) is 0 Å². The van der Waals surface area contributed by atoms with Gasteiger partial charge in [0.15, 0.2) is 13.1 Å². The molecule has 0 aromatic heterocycles. The van der Waals surface area contributed by atoms with Crippen LogP contribution in [0.5, 0.6) is 0 Å². The Kier molecular flexibility index (Phi) is 38.5. The summed E-state index contributed by atoms with van der Waals surface area (Å²) < 4.78 is 13.0. The number of carbonyl (C=O) groups is 6. The van der Waals surface area contributed by atoms with Gasteiger partial charge in [0.25, 0.3) is 0 Å². The van der Waals surface area contributed by atoms with Crippen LogP contribution in [0.25, 0.3) is 0 Å². The number of nitrogens with zero attached hydrogens (tertiary/aromatic N) is 2. The molecule has 0 bridgehead atoms. The van der Waals surface area contributed by atoms with Gasteiger partial charge in [-0.05, 0) is 94.3 Å². The topological polar surface area (TPSA) is 209 Å². The Morgan fingerprint density at radius 2 is 0.962 bits per heavy atom. The minimum atomic E-state index is -0.815. The number of nitrogens with one attached hydrogen (secondary N) is 4. The summed E-state index contributed by atoms with van der Waals surface area (Å²) in [4.78, 5) is 73.5. The number of alkyl carbamates (subject to hydrolysis) is 2. The number of rotatable bonds is 47. The summed E-state index contributed by atoms with van der Waals surface area (Å²) in [5.74, 6) is -1.51. The number of hydrogen-bond donors (Lipinski definition) is 6. The van der Waals surface area contributed by atoms with Gasteiger partial charge in [-0.2, -0.15) is 0 Å². The highest BCUT2D eigenvalue weighted by atomic mass is 16.6. The number of carboxylic acid groups (broad SMARTS) is 2. The molecule has 78 heavy (non-hydrogen) atoms. The molecular weight excluding hydrogens is 989 g/mol. The summed E-state index contributed by atoms with van der Waals surface area (Å²) >= 11 is 0. The Hall–Kier alpha value is -4.18. The van der Waals surface area contributed by atoms with Crippen molar-refractivity contribution in [2.75, 3.05) is 74.0 Å². The first kappa shape index (κ1) is 71.8. The summed E-state index contributed by atoms with van der Waals surface area (Å²) in [5, 5.41) is 30.4. The molecule has 1 fully saturated rings. The smallest absolute Gasteiger partial charge is 0.407 e. The predicted octanol–water partition coefficient (Wildman–Crippen LogP) is 12.4. The Bertz CT molecular complexity index is 1740. The molecule has 0 aromatic carbocycles. The van der Waals surface area contributed by atoms with E-state index in [1.54, 1.807) is 0 Å². The summed E-state index contributed by atoms with van der Waals surface area (Å²) in [7, 11) is 7.55. The van der Waals surface area contributed by atoms with Crippen molar-refractivity contribution in [1.82, 2.24) is 21.3 Å². The molecular formula is C62H116N6O10+2. The Morgan fingerprint density at radius 3 is 1.41 bits per heavy atom. The molecule has 0 aliphatic heterocycles. The number of carbonyl (C=O) groups excluding carboxylic acids is 4. The van der Waals surface area contributed by atoms with E-state index in [9.17, 15) is 28.8 Å².